The number of nitrogens with zero attached hydrogens (tertiary/aromatic N) is 2. The standard InChI is InChI=1S/C20H41N3/c1-8-11-14-23(19(7)10-3)20(21)16-22(13-9-2)15-12-18(6)17(4)5/h17-18,21H,7-16H2,1-6H3. The van der Waals surface area contributed by atoms with Crippen molar-refractivity contribution >= 4 is 5.84 Å². The Morgan fingerprint density at radius 3 is 2.13 bits per heavy atom. The minimum atomic E-state index is 0.718. The van der Waals surface area contributed by atoms with Gasteiger partial charge in [-0.05, 0) is 50.6 Å². The van der Waals surface area contributed by atoms with Gasteiger partial charge in [-0.1, -0.05) is 54.5 Å². The Morgan fingerprint density at radius 1 is 1.00 bits per heavy atom. The van der Waals surface area contributed by atoms with Gasteiger partial charge in [0.05, 0.1) is 6.54 Å². The molecule has 3 nitrogen and oxygen atoms in total. The van der Waals surface area contributed by atoms with E-state index in [4.69, 9.17) is 5.41 Å². The lowest BCUT2D eigenvalue weighted by Crippen LogP contribution is -2.40. The second-order valence-corrected chi connectivity index (χ2v) is 7.16. The summed E-state index contributed by atoms with van der Waals surface area (Å²) in [4.78, 5) is 4.58. The van der Waals surface area contributed by atoms with Crippen LogP contribution in [0.3, 0.4) is 0 Å². The average molecular weight is 324 g/mol. The zero-order valence-corrected chi connectivity index (χ0v) is 16.6. The number of allylic oxidation sites excluding steroid dienone is 1. The lowest BCUT2D eigenvalue weighted by atomic mass is 9.94. The summed E-state index contributed by atoms with van der Waals surface area (Å²) >= 11 is 0. The van der Waals surface area contributed by atoms with Crippen molar-refractivity contribution in [1.29, 1.82) is 5.41 Å². The first-order valence-electron chi connectivity index (χ1n) is 9.62. The number of hydrogen-bond acceptors (Lipinski definition) is 2. The highest BCUT2D eigenvalue weighted by molar-refractivity contribution is 5.82. The first-order valence-corrected chi connectivity index (χ1v) is 9.62. The smallest absolute Gasteiger partial charge is 0.114 e. The topological polar surface area (TPSA) is 30.3 Å². The Labute approximate surface area is 145 Å². The van der Waals surface area contributed by atoms with Crippen LogP contribution in [0.4, 0.5) is 0 Å². The van der Waals surface area contributed by atoms with Crippen LogP contribution in [-0.4, -0.2) is 41.8 Å². The Morgan fingerprint density at radius 2 is 1.65 bits per heavy atom. The molecule has 136 valence electrons. The largest absolute Gasteiger partial charge is 0.334 e. The third kappa shape index (κ3) is 9.14. The molecule has 0 spiro atoms. The summed E-state index contributed by atoms with van der Waals surface area (Å²) in [5.74, 6) is 2.19. The van der Waals surface area contributed by atoms with Gasteiger partial charge >= 0.3 is 0 Å². The van der Waals surface area contributed by atoms with Crippen LogP contribution < -0.4 is 0 Å². The van der Waals surface area contributed by atoms with Crippen molar-refractivity contribution in [2.45, 2.75) is 73.6 Å². The monoisotopic (exact) mass is 323 g/mol. The van der Waals surface area contributed by atoms with E-state index in [1.54, 1.807) is 0 Å². The van der Waals surface area contributed by atoms with Gasteiger partial charge in [-0.25, -0.2) is 0 Å². The number of rotatable bonds is 13. The lowest BCUT2D eigenvalue weighted by Gasteiger charge is -2.31. The van der Waals surface area contributed by atoms with Crippen molar-refractivity contribution in [3.8, 4) is 0 Å². The van der Waals surface area contributed by atoms with Crippen molar-refractivity contribution in [3.63, 3.8) is 0 Å². The quantitative estimate of drug-likeness (QED) is 0.364. The SMILES string of the molecule is C=C(CC)N(CCCC)C(=N)CN(CCC)CCC(C)C(C)C. The third-order valence-corrected chi connectivity index (χ3v) is 4.80. The molecule has 0 heterocycles. The predicted molar refractivity (Wildman–Crippen MR) is 104 cm³/mol. The van der Waals surface area contributed by atoms with Crippen LogP contribution in [0.2, 0.25) is 0 Å². The van der Waals surface area contributed by atoms with E-state index in [2.05, 4.69) is 57.9 Å². The van der Waals surface area contributed by atoms with Gasteiger partial charge in [0.2, 0.25) is 0 Å². The van der Waals surface area contributed by atoms with E-state index in [1.165, 1.54) is 6.42 Å². The van der Waals surface area contributed by atoms with Gasteiger partial charge in [0.15, 0.2) is 0 Å². The van der Waals surface area contributed by atoms with Crippen molar-refractivity contribution in [1.82, 2.24) is 9.80 Å². The fourth-order valence-corrected chi connectivity index (χ4v) is 2.59. The molecule has 3 heteroatoms. The maximum absolute atomic E-state index is 8.56. The fraction of sp³-hybridized carbons (Fsp3) is 0.850. The molecule has 0 amide bonds. The van der Waals surface area contributed by atoms with Crippen LogP contribution in [0.15, 0.2) is 12.3 Å². The molecule has 0 rings (SSSR count). The molecule has 0 aromatic carbocycles. The highest BCUT2D eigenvalue weighted by Gasteiger charge is 2.16. The van der Waals surface area contributed by atoms with Crippen molar-refractivity contribution in [2.24, 2.45) is 11.8 Å². The normalized spacial score (nSPS) is 12.7. The highest BCUT2D eigenvalue weighted by Crippen LogP contribution is 2.15. The van der Waals surface area contributed by atoms with Gasteiger partial charge in [-0.3, -0.25) is 10.3 Å². The number of unbranched alkanes of at least 4 members (excludes halogenated alkanes) is 1. The molecule has 0 aliphatic rings. The molecule has 0 fully saturated rings. The van der Waals surface area contributed by atoms with E-state index >= 15 is 0 Å². The number of nitrogens with one attached hydrogen (secondary N) is 1. The summed E-state index contributed by atoms with van der Waals surface area (Å²) in [5.41, 5.74) is 1.08. The second-order valence-electron chi connectivity index (χ2n) is 7.16. The molecule has 1 N–H and O–H groups in total. The summed E-state index contributed by atoms with van der Waals surface area (Å²) in [6, 6.07) is 0. The molecule has 1 atom stereocenters. The van der Waals surface area contributed by atoms with Crippen LogP contribution in [-0.2, 0) is 0 Å². The zero-order valence-electron chi connectivity index (χ0n) is 16.6. The molecular weight excluding hydrogens is 282 g/mol. The van der Waals surface area contributed by atoms with Gasteiger partial charge in [0, 0.05) is 12.2 Å². The van der Waals surface area contributed by atoms with Crippen molar-refractivity contribution < 1.29 is 0 Å². The maximum atomic E-state index is 8.56. The molecule has 0 bridgehead atoms. The van der Waals surface area contributed by atoms with Gasteiger partial charge < -0.3 is 4.90 Å². The third-order valence-electron chi connectivity index (χ3n) is 4.80. The van der Waals surface area contributed by atoms with Crippen LogP contribution in [0, 0.1) is 17.2 Å². The Hall–Kier alpha value is -0.830. The number of amidine groups is 1. The molecule has 0 aliphatic heterocycles. The number of hydrogen-bond donors (Lipinski definition) is 1. The van der Waals surface area contributed by atoms with Gasteiger partial charge in [0.25, 0.3) is 0 Å². The zero-order chi connectivity index (χ0) is 17.8. The maximum Gasteiger partial charge on any atom is 0.114 e. The molecule has 0 aromatic heterocycles. The Balaban J connectivity index is 4.67. The predicted octanol–water partition coefficient (Wildman–Crippen LogP) is 5.38. The van der Waals surface area contributed by atoms with E-state index in [0.29, 0.717) is 0 Å². The highest BCUT2D eigenvalue weighted by atomic mass is 15.2. The minimum Gasteiger partial charge on any atom is -0.334 e. The van der Waals surface area contributed by atoms with Crippen molar-refractivity contribution in [3.05, 3.63) is 12.3 Å². The molecule has 1 unspecified atom stereocenters. The molecule has 0 saturated heterocycles. The molecular formula is C20H41N3. The summed E-state index contributed by atoms with van der Waals surface area (Å²) < 4.78 is 0. The summed E-state index contributed by atoms with van der Waals surface area (Å²) in [6.45, 7) is 21.5. The first-order chi connectivity index (χ1) is 10.9. The van der Waals surface area contributed by atoms with Crippen LogP contribution in [0.1, 0.15) is 73.6 Å². The average Bonchev–Trinajstić information content (AvgIpc) is 2.52. The fourth-order valence-electron chi connectivity index (χ4n) is 2.59. The summed E-state index contributed by atoms with van der Waals surface area (Å²) in [7, 11) is 0. The first kappa shape index (κ1) is 22.2. The molecule has 0 radical (unpaired) electrons. The van der Waals surface area contributed by atoms with Crippen LogP contribution in [0.25, 0.3) is 0 Å². The van der Waals surface area contributed by atoms with E-state index in [0.717, 1.165) is 75.2 Å². The van der Waals surface area contributed by atoms with E-state index in [-0.39, 0.29) is 0 Å². The van der Waals surface area contributed by atoms with Crippen LogP contribution in [0.5, 0.6) is 0 Å². The molecule has 0 aliphatic carbocycles. The summed E-state index contributed by atoms with van der Waals surface area (Å²) in [6.07, 6.45) is 5.57. The Kier molecular flexibility index (Phi) is 12.1. The summed E-state index contributed by atoms with van der Waals surface area (Å²) in [5, 5.41) is 8.56. The minimum absolute atomic E-state index is 0.718. The van der Waals surface area contributed by atoms with E-state index in [9.17, 15) is 0 Å². The second kappa shape index (κ2) is 12.6. The van der Waals surface area contributed by atoms with E-state index < -0.39 is 0 Å². The molecule has 0 saturated carbocycles. The van der Waals surface area contributed by atoms with Crippen LogP contribution >= 0.6 is 0 Å². The van der Waals surface area contributed by atoms with Gasteiger partial charge in [0.1, 0.15) is 5.84 Å². The van der Waals surface area contributed by atoms with E-state index in [1.807, 2.05) is 0 Å². The van der Waals surface area contributed by atoms with Crippen molar-refractivity contribution in [2.75, 3.05) is 26.2 Å². The lowest BCUT2D eigenvalue weighted by molar-refractivity contribution is 0.258. The van der Waals surface area contributed by atoms with Gasteiger partial charge in [-0.2, -0.15) is 0 Å². The molecule has 0 aromatic rings. The molecule has 23 heavy (non-hydrogen) atoms. The van der Waals surface area contributed by atoms with Gasteiger partial charge in [-0.15, -0.1) is 0 Å². The Bertz CT molecular complexity index is 336.